The molecule has 3 nitrogen and oxygen atoms in total. The van der Waals surface area contributed by atoms with E-state index in [1.165, 1.54) is 0 Å². The fraction of sp³-hybridized carbons (Fsp3) is 0.917. The first-order chi connectivity index (χ1) is 6.80. The van der Waals surface area contributed by atoms with E-state index in [9.17, 15) is 4.79 Å². The first-order valence-electron chi connectivity index (χ1n) is 5.73. The van der Waals surface area contributed by atoms with Crippen molar-refractivity contribution in [3.63, 3.8) is 0 Å². The van der Waals surface area contributed by atoms with E-state index < -0.39 is 5.97 Å². The Labute approximate surface area is 91.2 Å². The van der Waals surface area contributed by atoms with Crippen molar-refractivity contribution < 1.29 is 9.90 Å². The number of hydrogen-bond donors (Lipinski definition) is 2. The molecule has 0 bridgehead atoms. The van der Waals surface area contributed by atoms with Crippen LogP contribution in [0.15, 0.2) is 0 Å². The normalized spacial score (nSPS) is 37.9. The Morgan fingerprint density at radius 2 is 1.73 bits per heavy atom. The minimum atomic E-state index is -0.636. The molecule has 2 rings (SSSR count). The molecule has 2 N–H and O–H groups in total. The molecule has 1 heterocycles. The van der Waals surface area contributed by atoms with Crippen LogP contribution < -0.4 is 5.32 Å². The van der Waals surface area contributed by atoms with Gasteiger partial charge in [-0.15, -0.1) is 0 Å². The highest BCUT2D eigenvalue weighted by Gasteiger charge is 2.68. The van der Waals surface area contributed by atoms with Crippen molar-refractivity contribution in [1.82, 2.24) is 5.32 Å². The molecule has 15 heavy (non-hydrogen) atoms. The van der Waals surface area contributed by atoms with E-state index in [0.29, 0.717) is 18.4 Å². The maximum Gasteiger partial charge on any atom is 0.308 e. The zero-order chi connectivity index (χ0) is 11.4. The van der Waals surface area contributed by atoms with Gasteiger partial charge in [0.25, 0.3) is 0 Å². The molecule has 2 atom stereocenters. The molecule has 0 radical (unpaired) electrons. The molecule has 1 aliphatic heterocycles. The third-order valence-corrected chi connectivity index (χ3v) is 5.14. The number of aliphatic carboxylic acids is 1. The Morgan fingerprint density at radius 3 is 2.13 bits per heavy atom. The van der Waals surface area contributed by atoms with Crippen LogP contribution in [0.4, 0.5) is 0 Å². The summed E-state index contributed by atoms with van der Waals surface area (Å²) in [5, 5.41) is 12.4. The van der Waals surface area contributed by atoms with Gasteiger partial charge in [-0.2, -0.15) is 0 Å². The molecule has 0 aromatic rings. The van der Waals surface area contributed by atoms with Crippen LogP contribution in [0.1, 0.15) is 27.7 Å². The molecule has 0 amide bonds. The van der Waals surface area contributed by atoms with Crippen LogP contribution in [0.25, 0.3) is 0 Å². The lowest BCUT2D eigenvalue weighted by molar-refractivity contribution is -0.142. The molecule has 3 heteroatoms. The summed E-state index contributed by atoms with van der Waals surface area (Å²) in [4.78, 5) is 11.1. The lowest BCUT2D eigenvalue weighted by Gasteiger charge is -2.16. The van der Waals surface area contributed by atoms with Gasteiger partial charge in [-0.05, 0) is 29.2 Å². The summed E-state index contributed by atoms with van der Waals surface area (Å²) >= 11 is 0. The van der Waals surface area contributed by atoms with E-state index in [1.54, 1.807) is 0 Å². The Balaban J connectivity index is 2.16. The Hall–Kier alpha value is -0.570. The van der Waals surface area contributed by atoms with Crippen molar-refractivity contribution in [3.05, 3.63) is 0 Å². The summed E-state index contributed by atoms with van der Waals surface area (Å²) in [6.45, 7) is 10.5. The van der Waals surface area contributed by atoms with E-state index in [1.807, 2.05) is 0 Å². The largest absolute Gasteiger partial charge is 0.481 e. The molecule has 0 spiro atoms. The van der Waals surface area contributed by atoms with E-state index in [2.05, 4.69) is 33.0 Å². The van der Waals surface area contributed by atoms with Gasteiger partial charge in [0.05, 0.1) is 5.92 Å². The minimum Gasteiger partial charge on any atom is -0.481 e. The molecule has 86 valence electrons. The van der Waals surface area contributed by atoms with Crippen molar-refractivity contribution in [2.45, 2.75) is 27.7 Å². The second-order valence-electron chi connectivity index (χ2n) is 6.19. The molecular formula is C12H21NO2. The van der Waals surface area contributed by atoms with Crippen molar-refractivity contribution in [2.75, 3.05) is 13.1 Å². The second kappa shape index (κ2) is 2.97. The van der Waals surface area contributed by atoms with E-state index in [4.69, 9.17) is 5.11 Å². The molecule has 0 aromatic carbocycles. The van der Waals surface area contributed by atoms with Crippen LogP contribution in [0.3, 0.4) is 0 Å². The smallest absolute Gasteiger partial charge is 0.308 e. The number of hydrogen-bond acceptors (Lipinski definition) is 2. The molecule has 0 aromatic heterocycles. The molecule has 2 aliphatic rings. The standard InChI is InChI=1S/C12H21NO2/c1-11(2)9(12(11,3)4)7-5-13-6-8(7)10(14)15/h7-9,13H,5-6H2,1-4H3,(H,14,15). The highest BCUT2D eigenvalue weighted by atomic mass is 16.4. The molecular weight excluding hydrogens is 190 g/mol. The van der Waals surface area contributed by atoms with E-state index >= 15 is 0 Å². The van der Waals surface area contributed by atoms with Crippen LogP contribution in [0, 0.1) is 28.6 Å². The van der Waals surface area contributed by atoms with Gasteiger partial charge in [0.1, 0.15) is 0 Å². The lowest BCUT2D eigenvalue weighted by Crippen LogP contribution is -2.25. The van der Waals surface area contributed by atoms with Gasteiger partial charge < -0.3 is 10.4 Å². The number of carboxylic acid groups (broad SMARTS) is 1. The average molecular weight is 211 g/mol. The summed E-state index contributed by atoms with van der Waals surface area (Å²) in [7, 11) is 0. The SMILES string of the molecule is CC1(C)C(C2CNCC2C(=O)O)C1(C)C. The zero-order valence-electron chi connectivity index (χ0n) is 10.0. The van der Waals surface area contributed by atoms with Crippen LogP contribution >= 0.6 is 0 Å². The number of carboxylic acids is 1. The third kappa shape index (κ3) is 1.32. The molecule has 1 aliphatic carbocycles. The Kier molecular flexibility index (Phi) is 2.16. The maximum atomic E-state index is 11.1. The topological polar surface area (TPSA) is 49.3 Å². The lowest BCUT2D eigenvalue weighted by atomic mass is 9.87. The van der Waals surface area contributed by atoms with Gasteiger partial charge in [-0.25, -0.2) is 0 Å². The fourth-order valence-electron chi connectivity index (χ4n) is 3.64. The van der Waals surface area contributed by atoms with Gasteiger partial charge in [0.15, 0.2) is 0 Å². The van der Waals surface area contributed by atoms with Crippen molar-refractivity contribution in [2.24, 2.45) is 28.6 Å². The molecule has 2 unspecified atom stereocenters. The number of carbonyl (C=O) groups is 1. The van der Waals surface area contributed by atoms with E-state index in [-0.39, 0.29) is 16.7 Å². The van der Waals surface area contributed by atoms with Crippen molar-refractivity contribution in [1.29, 1.82) is 0 Å². The van der Waals surface area contributed by atoms with Gasteiger partial charge in [-0.3, -0.25) is 4.79 Å². The van der Waals surface area contributed by atoms with Gasteiger partial charge in [0.2, 0.25) is 0 Å². The first kappa shape index (κ1) is 10.9. The van der Waals surface area contributed by atoms with Gasteiger partial charge in [-0.1, -0.05) is 27.7 Å². The molecule has 1 saturated carbocycles. The minimum absolute atomic E-state index is 0.184. The summed E-state index contributed by atoms with van der Waals surface area (Å²) < 4.78 is 0. The maximum absolute atomic E-state index is 11.1. The monoisotopic (exact) mass is 211 g/mol. The van der Waals surface area contributed by atoms with Gasteiger partial charge in [0, 0.05) is 6.54 Å². The highest BCUT2D eigenvalue weighted by molar-refractivity contribution is 5.71. The Bertz CT molecular complexity index is 282. The van der Waals surface area contributed by atoms with Crippen LogP contribution in [-0.2, 0) is 4.79 Å². The fourth-order valence-corrected chi connectivity index (χ4v) is 3.64. The summed E-state index contributed by atoms with van der Waals surface area (Å²) in [5.74, 6) is 0.0353. The highest BCUT2D eigenvalue weighted by Crippen LogP contribution is 2.72. The number of nitrogens with one attached hydrogen (secondary N) is 1. The van der Waals surface area contributed by atoms with Crippen LogP contribution in [-0.4, -0.2) is 24.2 Å². The van der Waals surface area contributed by atoms with Crippen LogP contribution in [0.2, 0.25) is 0 Å². The van der Waals surface area contributed by atoms with Gasteiger partial charge >= 0.3 is 5.97 Å². The third-order valence-electron chi connectivity index (χ3n) is 5.14. The summed E-state index contributed by atoms with van der Waals surface area (Å²) in [6, 6.07) is 0. The van der Waals surface area contributed by atoms with Crippen LogP contribution in [0.5, 0.6) is 0 Å². The van der Waals surface area contributed by atoms with E-state index in [0.717, 1.165) is 6.54 Å². The average Bonchev–Trinajstić information content (AvgIpc) is 2.51. The Morgan fingerprint density at radius 1 is 1.20 bits per heavy atom. The van der Waals surface area contributed by atoms with Crippen molar-refractivity contribution in [3.8, 4) is 0 Å². The molecule has 1 saturated heterocycles. The van der Waals surface area contributed by atoms with Crippen molar-refractivity contribution >= 4 is 5.97 Å². The summed E-state index contributed by atoms with van der Waals surface area (Å²) in [5.41, 5.74) is 0.578. The zero-order valence-corrected chi connectivity index (χ0v) is 10.0. The quantitative estimate of drug-likeness (QED) is 0.729. The number of rotatable bonds is 2. The second-order valence-corrected chi connectivity index (χ2v) is 6.19. The first-order valence-corrected chi connectivity index (χ1v) is 5.73. The molecule has 2 fully saturated rings. The predicted octanol–water partition coefficient (Wildman–Crippen LogP) is 1.59. The summed E-state index contributed by atoms with van der Waals surface area (Å²) in [6.07, 6.45) is 0. The predicted molar refractivity (Wildman–Crippen MR) is 58.5 cm³/mol.